The third-order valence-corrected chi connectivity index (χ3v) is 4.28. The first-order chi connectivity index (χ1) is 7.25. The molecule has 1 rings (SSSR count). The number of carboxylic acids is 1. The topological polar surface area (TPSA) is 46.5 Å². The number of carboxylic acid groups (broad SMARTS) is 1. The highest BCUT2D eigenvalue weighted by Gasteiger charge is 2.29. The molecule has 0 aromatic rings. The van der Waals surface area contributed by atoms with Crippen molar-refractivity contribution in [1.82, 2.24) is 0 Å². The van der Waals surface area contributed by atoms with Gasteiger partial charge in [0, 0.05) is 18.1 Å². The van der Waals surface area contributed by atoms with Gasteiger partial charge >= 0.3 is 5.97 Å². The van der Waals surface area contributed by atoms with Crippen molar-refractivity contribution in [1.29, 1.82) is 0 Å². The maximum atomic E-state index is 11.1. The van der Waals surface area contributed by atoms with Crippen LogP contribution in [0.15, 0.2) is 0 Å². The Hall–Kier alpha value is -0.220. The summed E-state index contributed by atoms with van der Waals surface area (Å²) >= 11 is 1.77. The van der Waals surface area contributed by atoms with Crippen LogP contribution in [0.25, 0.3) is 0 Å². The third kappa shape index (κ3) is 4.43. The fourth-order valence-electron chi connectivity index (χ4n) is 2.04. The predicted octanol–water partition coefficient (Wildman–Crippen LogP) is 2.40. The number of hydrogen-bond acceptors (Lipinski definition) is 3. The Morgan fingerprint density at radius 2 is 2.13 bits per heavy atom. The number of thioether (sulfide) groups is 1. The largest absolute Gasteiger partial charge is 0.481 e. The Kier molecular flexibility index (Phi) is 6.10. The van der Waals surface area contributed by atoms with E-state index in [0.29, 0.717) is 11.9 Å². The molecule has 0 radical (unpaired) electrons. The average molecular weight is 232 g/mol. The van der Waals surface area contributed by atoms with Gasteiger partial charge in [0.1, 0.15) is 0 Å². The van der Waals surface area contributed by atoms with Gasteiger partial charge in [-0.05, 0) is 12.8 Å². The molecule has 0 bridgehead atoms. The highest BCUT2D eigenvalue weighted by atomic mass is 32.2. The normalized spacial score (nSPS) is 27.3. The summed E-state index contributed by atoms with van der Waals surface area (Å²) in [6.45, 7) is 0.716. The van der Waals surface area contributed by atoms with Crippen LogP contribution in [0.1, 0.15) is 32.1 Å². The van der Waals surface area contributed by atoms with E-state index in [1.807, 2.05) is 0 Å². The molecule has 0 aromatic carbocycles. The van der Waals surface area contributed by atoms with Gasteiger partial charge in [0.2, 0.25) is 0 Å². The zero-order valence-electron chi connectivity index (χ0n) is 9.28. The van der Waals surface area contributed by atoms with Crippen molar-refractivity contribution in [3.8, 4) is 0 Å². The molecule has 15 heavy (non-hydrogen) atoms. The molecule has 1 aliphatic rings. The van der Waals surface area contributed by atoms with Crippen LogP contribution in [0.4, 0.5) is 0 Å². The zero-order chi connectivity index (χ0) is 11.1. The van der Waals surface area contributed by atoms with Crippen molar-refractivity contribution in [3.05, 3.63) is 0 Å². The van der Waals surface area contributed by atoms with Gasteiger partial charge in [-0.1, -0.05) is 19.3 Å². The fraction of sp³-hybridized carbons (Fsp3) is 0.909. The van der Waals surface area contributed by atoms with E-state index in [9.17, 15) is 4.79 Å². The second-order valence-corrected chi connectivity index (χ2v) is 5.33. The van der Waals surface area contributed by atoms with Crippen LogP contribution in [0.2, 0.25) is 0 Å². The number of hydrogen-bond donors (Lipinski definition) is 1. The van der Waals surface area contributed by atoms with Crippen LogP contribution < -0.4 is 0 Å². The molecule has 1 aliphatic carbocycles. The summed E-state index contributed by atoms with van der Waals surface area (Å²) in [6.07, 6.45) is 5.32. The van der Waals surface area contributed by atoms with E-state index < -0.39 is 5.97 Å². The lowest BCUT2D eigenvalue weighted by atomic mass is 10.0. The van der Waals surface area contributed by atoms with Crippen LogP contribution in [0, 0.1) is 5.92 Å². The van der Waals surface area contributed by atoms with Gasteiger partial charge in [-0.15, -0.1) is 0 Å². The average Bonchev–Trinajstić information content (AvgIpc) is 2.43. The number of ether oxygens (including phenoxy) is 1. The van der Waals surface area contributed by atoms with Gasteiger partial charge in [-0.3, -0.25) is 4.79 Å². The molecule has 88 valence electrons. The quantitative estimate of drug-likeness (QED) is 0.584. The number of rotatable bonds is 5. The Morgan fingerprint density at radius 1 is 1.40 bits per heavy atom. The fourth-order valence-corrected chi connectivity index (χ4v) is 3.42. The summed E-state index contributed by atoms with van der Waals surface area (Å²) < 4.78 is 4.99. The van der Waals surface area contributed by atoms with E-state index in [1.165, 1.54) is 12.8 Å². The van der Waals surface area contributed by atoms with E-state index in [0.717, 1.165) is 25.0 Å². The minimum absolute atomic E-state index is 0.144. The highest BCUT2D eigenvalue weighted by molar-refractivity contribution is 7.99. The minimum atomic E-state index is -0.619. The third-order valence-electron chi connectivity index (χ3n) is 2.89. The van der Waals surface area contributed by atoms with Crippen molar-refractivity contribution >= 4 is 17.7 Å². The van der Waals surface area contributed by atoms with Gasteiger partial charge < -0.3 is 9.84 Å². The zero-order valence-corrected chi connectivity index (χ0v) is 10.1. The number of aliphatic carboxylic acids is 1. The van der Waals surface area contributed by atoms with E-state index in [4.69, 9.17) is 9.84 Å². The Morgan fingerprint density at radius 3 is 2.80 bits per heavy atom. The SMILES string of the molecule is COCCSC1CCCCCC1C(=O)O. The first kappa shape index (κ1) is 12.8. The molecule has 1 fully saturated rings. The molecule has 0 spiro atoms. The van der Waals surface area contributed by atoms with Gasteiger partial charge in [0.25, 0.3) is 0 Å². The molecule has 3 nitrogen and oxygen atoms in total. The van der Waals surface area contributed by atoms with Gasteiger partial charge in [-0.25, -0.2) is 0 Å². The molecule has 1 N–H and O–H groups in total. The summed E-state index contributed by atoms with van der Waals surface area (Å²) in [5.41, 5.74) is 0. The first-order valence-electron chi connectivity index (χ1n) is 5.59. The smallest absolute Gasteiger partial charge is 0.307 e. The molecule has 2 unspecified atom stereocenters. The molecule has 0 aliphatic heterocycles. The maximum absolute atomic E-state index is 11.1. The second-order valence-electron chi connectivity index (χ2n) is 3.98. The van der Waals surface area contributed by atoms with Crippen molar-refractivity contribution in [3.63, 3.8) is 0 Å². The molecule has 0 amide bonds. The van der Waals surface area contributed by atoms with Gasteiger partial charge in [0.15, 0.2) is 0 Å². The molecular formula is C11H20O3S. The molecule has 0 heterocycles. The monoisotopic (exact) mass is 232 g/mol. The molecule has 1 saturated carbocycles. The van der Waals surface area contributed by atoms with Crippen molar-refractivity contribution in [2.75, 3.05) is 19.5 Å². The van der Waals surface area contributed by atoms with Crippen LogP contribution >= 0.6 is 11.8 Å². The van der Waals surface area contributed by atoms with Crippen LogP contribution in [-0.2, 0) is 9.53 Å². The molecular weight excluding hydrogens is 212 g/mol. The Labute approximate surface area is 95.6 Å². The summed E-state index contributed by atoms with van der Waals surface area (Å²) in [4.78, 5) is 11.1. The Bertz CT molecular complexity index is 196. The van der Waals surface area contributed by atoms with E-state index >= 15 is 0 Å². The van der Waals surface area contributed by atoms with Crippen LogP contribution in [-0.4, -0.2) is 35.8 Å². The Balaban J connectivity index is 2.43. The molecule has 0 saturated heterocycles. The molecule has 4 heteroatoms. The minimum Gasteiger partial charge on any atom is -0.481 e. The first-order valence-corrected chi connectivity index (χ1v) is 6.64. The summed E-state index contributed by atoms with van der Waals surface area (Å²) in [5, 5.41) is 9.44. The summed E-state index contributed by atoms with van der Waals surface area (Å²) in [5.74, 6) is 0.145. The van der Waals surface area contributed by atoms with E-state index in [1.54, 1.807) is 18.9 Å². The van der Waals surface area contributed by atoms with Crippen molar-refractivity contribution in [2.24, 2.45) is 5.92 Å². The summed E-state index contributed by atoms with van der Waals surface area (Å²) in [7, 11) is 1.68. The predicted molar refractivity (Wildman–Crippen MR) is 62.3 cm³/mol. The van der Waals surface area contributed by atoms with Crippen molar-refractivity contribution < 1.29 is 14.6 Å². The van der Waals surface area contributed by atoms with Crippen LogP contribution in [0.3, 0.4) is 0 Å². The second kappa shape index (κ2) is 7.12. The molecule has 2 atom stereocenters. The van der Waals surface area contributed by atoms with E-state index in [-0.39, 0.29) is 5.92 Å². The van der Waals surface area contributed by atoms with E-state index in [2.05, 4.69) is 0 Å². The lowest BCUT2D eigenvalue weighted by Gasteiger charge is -2.20. The maximum Gasteiger partial charge on any atom is 0.307 e. The van der Waals surface area contributed by atoms with Gasteiger partial charge in [0.05, 0.1) is 12.5 Å². The van der Waals surface area contributed by atoms with Crippen LogP contribution in [0.5, 0.6) is 0 Å². The lowest BCUT2D eigenvalue weighted by Crippen LogP contribution is -2.25. The molecule has 0 aromatic heterocycles. The van der Waals surface area contributed by atoms with Gasteiger partial charge in [-0.2, -0.15) is 11.8 Å². The highest BCUT2D eigenvalue weighted by Crippen LogP contribution is 2.32. The number of carbonyl (C=O) groups is 1. The standard InChI is InChI=1S/C11H20O3S/c1-14-7-8-15-10-6-4-2-3-5-9(10)11(12)13/h9-10H,2-8H2,1H3,(H,12,13). The number of methoxy groups -OCH3 is 1. The van der Waals surface area contributed by atoms with Crippen molar-refractivity contribution in [2.45, 2.75) is 37.4 Å². The summed E-state index contributed by atoms with van der Waals surface area (Å²) in [6, 6.07) is 0. The lowest BCUT2D eigenvalue weighted by molar-refractivity contribution is -0.141.